The van der Waals surface area contributed by atoms with E-state index in [0.717, 1.165) is 17.0 Å². The number of hydrogen-bond acceptors (Lipinski definition) is 5. The summed E-state index contributed by atoms with van der Waals surface area (Å²) in [5.74, 6) is 0.382. The highest BCUT2D eigenvalue weighted by Crippen LogP contribution is 2.12. The van der Waals surface area contributed by atoms with Crippen LogP contribution in [0.2, 0.25) is 5.15 Å². The summed E-state index contributed by atoms with van der Waals surface area (Å²) < 4.78 is 0. The largest absolute Gasteiger partial charge is 0.326 e. The highest BCUT2D eigenvalue weighted by Gasteiger charge is 2.01. The van der Waals surface area contributed by atoms with Gasteiger partial charge in [0.1, 0.15) is 0 Å². The van der Waals surface area contributed by atoms with E-state index in [-0.39, 0.29) is 5.91 Å². The molecule has 0 unspecified atom stereocenters. The van der Waals surface area contributed by atoms with Crippen LogP contribution in [0, 0.1) is 0 Å². The summed E-state index contributed by atoms with van der Waals surface area (Å²) >= 11 is 5.66. The predicted molar refractivity (Wildman–Crippen MR) is 83.6 cm³/mol. The fourth-order valence-corrected chi connectivity index (χ4v) is 1.71. The minimum atomic E-state index is -0.115. The van der Waals surface area contributed by atoms with Gasteiger partial charge in [-0.15, -0.1) is 10.2 Å². The second-order valence-corrected chi connectivity index (χ2v) is 4.70. The molecule has 2 N–H and O–H groups in total. The molecule has 7 heteroatoms. The molecule has 0 spiro atoms. The molecule has 6 nitrogen and oxygen atoms in total. The van der Waals surface area contributed by atoms with Gasteiger partial charge in [-0.2, -0.15) is 5.10 Å². The predicted octanol–water partition coefficient (Wildman–Crippen LogP) is 2.92. The van der Waals surface area contributed by atoms with Crippen molar-refractivity contribution in [1.29, 1.82) is 0 Å². The number of benzene rings is 1. The number of aromatic nitrogens is 2. The Balaban J connectivity index is 2.11. The van der Waals surface area contributed by atoms with Crippen molar-refractivity contribution >= 4 is 34.7 Å². The quantitative estimate of drug-likeness (QED) is 0.672. The van der Waals surface area contributed by atoms with Gasteiger partial charge >= 0.3 is 0 Å². The maximum Gasteiger partial charge on any atom is 0.221 e. The van der Waals surface area contributed by atoms with E-state index in [1.807, 2.05) is 31.2 Å². The number of anilines is 2. The zero-order valence-electron chi connectivity index (χ0n) is 11.6. The van der Waals surface area contributed by atoms with Crippen LogP contribution >= 0.6 is 11.6 Å². The van der Waals surface area contributed by atoms with Crippen LogP contribution in [0.4, 0.5) is 11.5 Å². The molecule has 0 bridgehead atoms. The molecule has 1 aromatic carbocycles. The smallest absolute Gasteiger partial charge is 0.221 e. The Kier molecular flexibility index (Phi) is 4.84. The van der Waals surface area contributed by atoms with Crippen molar-refractivity contribution in [3.05, 3.63) is 47.1 Å². The van der Waals surface area contributed by atoms with Gasteiger partial charge in [0.15, 0.2) is 11.0 Å². The third-order valence-electron chi connectivity index (χ3n) is 2.57. The Hall–Kier alpha value is -2.47. The van der Waals surface area contributed by atoms with Gasteiger partial charge in [-0.25, -0.2) is 0 Å². The van der Waals surface area contributed by atoms with Crippen molar-refractivity contribution < 1.29 is 4.79 Å². The average Bonchev–Trinajstić information content (AvgIpc) is 2.46. The molecule has 21 heavy (non-hydrogen) atoms. The van der Waals surface area contributed by atoms with Crippen molar-refractivity contribution in [2.24, 2.45) is 5.10 Å². The monoisotopic (exact) mass is 303 g/mol. The molecule has 0 aliphatic heterocycles. The molecule has 1 amide bonds. The first-order valence-electron chi connectivity index (χ1n) is 6.22. The Morgan fingerprint density at radius 1 is 1.19 bits per heavy atom. The highest BCUT2D eigenvalue weighted by molar-refractivity contribution is 6.29. The number of hydrazone groups is 1. The Labute approximate surface area is 127 Å². The molecule has 1 heterocycles. The van der Waals surface area contributed by atoms with Gasteiger partial charge in [0.05, 0.1) is 5.71 Å². The van der Waals surface area contributed by atoms with E-state index in [4.69, 9.17) is 11.6 Å². The first kappa shape index (κ1) is 14.9. The molecular weight excluding hydrogens is 290 g/mol. The van der Waals surface area contributed by atoms with Crippen molar-refractivity contribution in [2.75, 3.05) is 10.7 Å². The van der Waals surface area contributed by atoms with Crippen LogP contribution in [-0.4, -0.2) is 21.8 Å². The Morgan fingerprint density at radius 3 is 2.67 bits per heavy atom. The molecule has 1 aromatic heterocycles. The number of rotatable bonds is 4. The maximum absolute atomic E-state index is 11.1. The van der Waals surface area contributed by atoms with E-state index in [1.165, 1.54) is 6.92 Å². The number of halogens is 1. The highest BCUT2D eigenvalue weighted by atomic mass is 35.5. The van der Waals surface area contributed by atoms with Gasteiger partial charge in [0.25, 0.3) is 0 Å². The summed E-state index contributed by atoms with van der Waals surface area (Å²) in [7, 11) is 0. The normalized spacial score (nSPS) is 11.1. The lowest BCUT2D eigenvalue weighted by atomic mass is 10.1. The van der Waals surface area contributed by atoms with Crippen molar-refractivity contribution in [3.63, 3.8) is 0 Å². The van der Waals surface area contributed by atoms with Gasteiger partial charge < -0.3 is 5.32 Å². The van der Waals surface area contributed by atoms with Gasteiger partial charge in [-0.3, -0.25) is 10.2 Å². The minimum Gasteiger partial charge on any atom is -0.326 e. The molecule has 0 aliphatic rings. The lowest BCUT2D eigenvalue weighted by Gasteiger charge is -2.06. The molecule has 0 saturated carbocycles. The Bertz CT molecular complexity index is 669. The molecule has 0 atom stereocenters. The summed E-state index contributed by atoms with van der Waals surface area (Å²) in [5, 5.41) is 14.8. The summed E-state index contributed by atoms with van der Waals surface area (Å²) in [6.45, 7) is 3.32. The lowest BCUT2D eigenvalue weighted by Crippen LogP contribution is -2.07. The molecule has 2 rings (SSSR count). The molecule has 0 radical (unpaired) electrons. The van der Waals surface area contributed by atoms with Crippen LogP contribution in [0.1, 0.15) is 19.4 Å². The molecule has 0 fully saturated rings. The zero-order chi connectivity index (χ0) is 15.2. The van der Waals surface area contributed by atoms with E-state index in [2.05, 4.69) is 26.0 Å². The van der Waals surface area contributed by atoms with Gasteiger partial charge in [0.2, 0.25) is 5.91 Å². The van der Waals surface area contributed by atoms with E-state index in [9.17, 15) is 4.79 Å². The van der Waals surface area contributed by atoms with Gasteiger partial charge in [-0.05, 0) is 36.8 Å². The third kappa shape index (κ3) is 4.54. The number of nitrogens with zero attached hydrogens (tertiary/aromatic N) is 3. The summed E-state index contributed by atoms with van der Waals surface area (Å²) in [6.07, 6.45) is 0. The lowest BCUT2D eigenvalue weighted by molar-refractivity contribution is -0.114. The Morgan fingerprint density at radius 2 is 2.00 bits per heavy atom. The van der Waals surface area contributed by atoms with E-state index < -0.39 is 0 Å². The van der Waals surface area contributed by atoms with Crippen molar-refractivity contribution in [1.82, 2.24) is 10.2 Å². The van der Waals surface area contributed by atoms with Crippen molar-refractivity contribution in [2.45, 2.75) is 13.8 Å². The molecule has 108 valence electrons. The number of carbonyl (C=O) groups excluding carboxylic acids is 1. The van der Waals surface area contributed by atoms with Crippen LogP contribution in [0.15, 0.2) is 41.5 Å². The molecule has 2 aromatic rings. The number of amides is 1. The van der Waals surface area contributed by atoms with Crippen LogP contribution in [-0.2, 0) is 4.79 Å². The van der Waals surface area contributed by atoms with Crippen LogP contribution < -0.4 is 10.7 Å². The van der Waals surface area contributed by atoms with Crippen LogP contribution in [0.5, 0.6) is 0 Å². The standard InChI is InChI=1S/C14H14ClN5O/c1-9(17-19-14-7-6-13(15)18-20-14)11-4-3-5-12(8-11)16-10(2)21/h3-8H,1-2H3,(H,16,21)(H,19,20). The fraction of sp³-hybridized carbons (Fsp3) is 0.143. The number of hydrogen-bond donors (Lipinski definition) is 2. The summed E-state index contributed by atoms with van der Waals surface area (Å²) in [5.41, 5.74) is 5.16. The van der Waals surface area contributed by atoms with Gasteiger partial charge in [-0.1, -0.05) is 23.7 Å². The summed E-state index contributed by atoms with van der Waals surface area (Å²) in [6, 6.07) is 10.7. The molecule has 0 saturated heterocycles. The van der Waals surface area contributed by atoms with E-state index in [0.29, 0.717) is 11.0 Å². The number of nitrogens with one attached hydrogen (secondary N) is 2. The second-order valence-electron chi connectivity index (χ2n) is 4.31. The second kappa shape index (κ2) is 6.81. The first-order valence-corrected chi connectivity index (χ1v) is 6.60. The first-order chi connectivity index (χ1) is 10.0. The zero-order valence-corrected chi connectivity index (χ0v) is 12.3. The summed E-state index contributed by atoms with van der Waals surface area (Å²) in [4.78, 5) is 11.1. The van der Waals surface area contributed by atoms with Crippen LogP contribution in [0.25, 0.3) is 0 Å². The fourth-order valence-electron chi connectivity index (χ4n) is 1.61. The molecule has 0 aliphatic carbocycles. The van der Waals surface area contributed by atoms with E-state index >= 15 is 0 Å². The van der Waals surface area contributed by atoms with Gasteiger partial charge in [0, 0.05) is 12.6 Å². The molecular formula is C14H14ClN5O. The SMILES string of the molecule is CC(=O)Nc1cccc(C(C)=NNc2ccc(Cl)nn2)c1. The van der Waals surface area contributed by atoms with Crippen LogP contribution in [0.3, 0.4) is 0 Å². The van der Waals surface area contributed by atoms with E-state index in [1.54, 1.807) is 12.1 Å². The maximum atomic E-state index is 11.1. The average molecular weight is 304 g/mol. The third-order valence-corrected chi connectivity index (χ3v) is 2.77. The minimum absolute atomic E-state index is 0.115. The van der Waals surface area contributed by atoms with Crippen molar-refractivity contribution in [3.8, 4) is 0 Å². The topological polar surface area (TPSA) is 79.3 Å². The number of carbonyl (C=O) groups is 1.